The van der Waals surface area contributed by atoms with Gasteiger partial charge >= 0.3 is 0 Å². The fraction of sp³-hybridized carbons (Fsp3) is 0.389. The van der Waals surface area contributed by atoms with Crippen LogP contribution < -0.4 is 11.1 Å². The van der Waals surface area contributed by atoms with Crippen LogP contribution in [0, 0.1) is 0 Å². The Bertz CT molecular complexity index is 869. The number of para-hydroxylation sites is 2. The Hall–Kier alpha value is -2.41. The number of anilines is 1. The first kappa shape index (κ1) is 17.4. The lowest BCUT2D eigenvalue weighted by Crippen LogP contribution is -2.34. The average molecular weight is 357 g/mol. The molecular weight excluding hydrogens is 334 g/mol. The molecule has 0 aliphatic heterocycles. The van der Waals surface area contributed by atoms with E-state index in [-0.39, 0.29) is 11.9 Å². The van der Waals surface area contributed by atoms with Gasteiger partial charge in [0.05, 0.1) is 16.7 Å². The second-order valence-corrected chi connectivity index (χ2v) is 6.77. The number of thiazole rings is 1. The number of hydrogen-bond acceptors (Lipinski definition) is 5. The highest BCUT2D eigenvalue weighted by molar-refractivity contribution is 7.13. The molecule has 7 heteroatoms. The molecule has 1 atom stereocenters. The van der Waals surface area contributed by atoms with E-state index in [9.17, 15) is 4.79 Å². The van der Waals surface area contributed by atoms with Crippen molar-refractivity contribution in [1.29, 1.82) is 0 Å². The van der Waals surface area contributed by atoms with Gasteiger partial charge in [-0.2, -0.15) is 0 Å². The van der Waals surface area contributed by atoms with Crippen LogP contribution in [0.2, 0.25) is 0 Å². The summed E-state index contributed by atoms with van der Waals surface area (Å²) in [4.78, 5) is 21.7. The van der Waals surface area contributed by atoms with E-state index in [0.29, 0.717) is 24.5 Å². The first-order chi connectivity index (χ1) is 12.1. The van der Waals surface area contributed by atoms with Gasteiger partial charge in [0.2, 0.25) is 5.91 Å². The number of hydrogen-bond donors (Lipinski definition) is 2. The zero-order valence-electron chi connectivity index (χ0n) is 14.5. The quantitative estimate of drug-likeness (QED) is 0.681. The largest absolute Gasteiger partial charge is 0.375 e. The van der Waals surface area contributed by atoms with Gasteiger partial charge < -0.3 is 15.6 Å². The summed E-state index contributed by atoms with van der Waals surface area (Å²) in [6, 6.07) is 7.71. The molecule has 0 radical (unpaired) electrons. The van der Waals surface area contributed by atoms with E-state index in [1.54, 1.807) is 0 Å². The summed E-state index contributed by atoms with van der Waals surface area (Å²) in [6.07, 6.45) is 2.18. The van der Waals surface area contributed by atoms with Crippen LogP contribution >= 0.6 is 11.3 Å². The zero-order valence-corrected chi connectivity index (χ0v) is 15.3. The molecule has 3 rings (SSSR count). The number of aromatic nitrogens is 3. The summed E-state index contributed by atoms with van der Waals surface area (Å²) in [5.41, 5.74) is 8.50. The van der Waals surface area contributed by atoms with Crippen molar-refractivity contribution >= 4 is 33.4 Å². The van der Waals surface area contributed by atoms with Gasteiger partial charge in [0.25, 0.3) is 0 Å². The lowest BCUT2D eigenvalue weighted by Gasteiger charge is -2.19. The molecule has 132 valence electrons. The number of aryl methyl sites for hydroxylation is 1. The molecule has 3 aromatic rings. The van der Waals surface area contributed by atoms with Crippen LogP contribution in [0.3, 0.4) is 0 Å². The molecular formula is C18H23N5OS. The van der Waals surface area contributed by atoms with Crippen molar-refractivity contribution in [2.24, 2.45) is 0 Å². The Kier molecular flexibility index (Phi) is 5.33. The molecule has 2 heterocycles. The molecule has 2 aromatic heterocycles. The Labute approximate surface area is 151 Å². The van der Waals surface area contributed by atoms with Crippen LogP contribution in [-0.4, -0.2) is 27.0 Å². The van der Waals surface area contributed by atoms with Crippen molar-refractivity contribution in [1.82, 2.24) is 19.9 Å². The summed E-state index contributed by atoms with van der Waals surface area (Å²) >= 11 is 1.42. The molecule has 0 saturated heterocycles. The first-order valence-corrected chi connectivity index (χ1v) is 9.45. The number of rotatable bonds is 7. The molecule has 0 spiro atoms. The second-order valence-electron chi connectivity index (χ2n) is 5.88. The summed E-state index contributed by atoms with van der Waals surface area (Å²) in [5.74, 6) is 0.957. The van der Waals surface area contributed by atoms with Gasteiger partial charge in [-0.15, -0.1) is 11.3 Å². The lowest BCUT2D eigenvalue weighted by atomic mass is 10.1. The van der Waals surface area contributed by atoms with E-state index in [4.69, 9.17) is 5.73 Å². The van der Waals surface area contributed by atoms with Crippen LogP contribution in [0.25, 0.3) is 11.0 Å². The number of amides is 1. The Balaban J connectivity index is 1.76. The minimum Gasteiger partial charge on any atom is -0.375 e. The van der Waals surface area contributed by atoms with E-state index in [1.807, 2.05) is 36.6 Å². The van der Waals surface area contributed by atoms with Gasteiger partial charge in [0.1, 0.15) is 11.9 Å². The second kappa shape index (κ2) is 7.65. The van der Waals surface area contributed by atoms with Gasteiger partial charge in [-0.1, -0.05) is 26.0 Å². The smallest absolute Gasteiger partial charge is 0.243 e. The standard InChI is InChI=1S/C18H23N5OS/c1-3-14(17(24)20-10-9-12-11-25-18(19)21-12)23-15-8-6-5-7-13(15)22-16(23)4-2/h5-8,11,14H,3-4,9-10H2,1-2H3,(H2,19,21)(H,20,24)/t14-/m1/s1. The highest BCUT2D eigenvalue weighted by Crippen LogP contribution is 2.24. The normalized spacial score (nSPS) is 12.4. The van der Waals surface area contributed by atoms with E-state index in [2.05, 4.69) is 26.8 Å². The highest BCUT2D eigenvalue weighted by Gasteiger charge is 2.23. The number of carbonyl (C=O) groups excluding carboxylic acids is 1. The van der Waals surface area contributed by atoms with Crippen LogP contribution in [0.5, 0.6) is 0 Å². The van der Waals surface area contributed by atoms with Gasteiger partial charge in [0, 0.05) is 24.8 Å². The number of nitrogen functional groups attached to an aromatic ring is 1. The monoisotopic (exact) mass is 357 g/mol. The summed E-state index contributed by atoms with van der Waals surface area (Å²) in [5, 5.41) is 5.52. The van der Waals surface area contributed by atoms with Crippen LogP contribution in [0.15, 0.2) is 29.6 Å². The van der Waals surface area contributed by atoms with Crippen LogP contribution in [0.1, 0.15) is 37.8 Å². The number of nitrogens with two attached hydrogens (primary N) is 1. The first-order valence-electron chi connectivity index (χ1n) is 8.57. The van der Waals surface area contributed by atoms with Gasteiger partial charge in [-0.25, -0.2) is 9.97 Å². The van der Waals surface area contributed by atoms with Crippen molar-refractivity contribution < 1.29 is 4.79 Å². The topological polar surface area (TPSA) is 85.8 Å². The molecule has 25 heavy (non-hydrogen) atoms. The third kappa shape index (κ3) is 3.66. The van der Waals surface area contributed by atoms with Crippen molar-refractivity contribution in [3.63, 3.8) is 0 Å². The Morgan fingerprint density at radius 3 is 2.80 bits per heavy atom. The fourth-order valence-electron chi connectivity index (χ4n) is 3.05. The maximum Gasteiger partial charge on any atom is 0.243 e. The molecule has 0 aliphatic carbocycles. The molecule has 0 bridgehead atoms. The molecule has 0 saturated carbocycles. The number of fused-ring (bicyclic) bond motifs is 1. The van der Waals surface area contributed by atoms with Crippen LogP contribution in [-0.2, 0) is 17.6 Å². The number of nitrogens with one attached hydrogen (secondary N) is 1. The SMILES string of the molecule is CCc1nc2ccccc2n1[C@H](CC)C(=O)NCCc1csc(N)n1. The van der Waals surface area contributed by atoms with Crippen molar-refractivity contribution in [3.05, 3.63) is 41.2 Å². The molecule has 0 aliphatic rings. The average Bonchev–Trinajstić information content (AvgIpc) is 3.19. The molecule has 0 unspecified atom stereocenters. The van der Waals surface area contributed by atoms with E-state index >= 15 is 0 Å². The van der Waals surface area contributed by atoms with Crippen molar-refractivity contribution in [2.75, 3.05) is 12.3 Å². The van der Waals surface area contributed by atoms with Crippen molar-refractivity contribution in [2.45, 2.75) is 39.2 Å². The number of nitrogens with zero attached hydrogens (tertiary/aromatic N) is 3. The third-order valence-electron chi connectivity index (χ3n) is 4.24. The van der Waals surface area contributed by atoms with E-state index < -0.39 is 0 Å². The number of benzene rings is 1. The van der Waals surface area contributed by atoms with Crippen molar-refractivity contribution in [3.8, 4) is 0 Å². The molecule has 1 aromatic carbocycles. The Morgan fingerprint density at radius 1 is 1.32 bits per heavy atom. The summed E-state index contributed by atoms with van der Waals surface area (Å²) in [7, 11) is 0. The van der Waals surface area contributed by atoms with Gasteiger partial charge in [-0.05, 0) is 18.6 Å². The van der Waals surface area contributed by atoms with E-state index in [0.717, 1.165) is 29.0 Å². The summed E-state index contributed by atoms with van der Waals surface area (Å²) < 4.78 is 2.07. The highest BCUT2D eigenvalue weighted by atomic mass is 32.1. The fourth-order valence-corrected chi connectivity index (χ4v) is 3.64. The molecule has 1 amide bonds. The molecule has 0 fully saturated rings. The van der Waals surface area contributed by atoms with Gasteiger partial charge in [-0.3, -0.25) is 4.79 Å². The third-order valence-corrected chi connectivity index (χ3v) is 4.96. The van der Waals surface area contributed by atoms with E-state index in [1.165, 1.54) is 11.3 Å². The molecule has 3 N–H and O–H groups in total. The Morgan fingerprint density at radius 2 is 2.12 bits per heavy atom. The minimum absolute atomic E-state index is 0.0172. The molecule has 6 nitrogen and oxygen atoms in total. The minimum atomic E-state index is -0.261. The predicted octanol–water partition coefficient (Wildman–Crippen LogP) is 2.95. The number of carbonyl (C=O) groups is 1. The van der Waals surface area contributed by atoms with Crippen LogP contribution in [0.4, 0.5) is 5.13 Å². The maximum atomic E-state index is 12.8. The maximum absolute atomic E-state index is 12.8. The lowest BCUT2D eigenvalue weighted by molar-refractivity contribution is -0.124. The zero-order chi connectivity index (χ0) is 17.8. The summed E-state index contributed by atoms with van der Waals surface area (Å²) in [6.45, 7) is 4.64. The van der Waals surface area contributed by atoms with Gasteiger partial charge in [0.15, 0.2) is 5.13 Å². The number of imidazole rings is 1. The predicted molar refractivity (Wildman–Crippen MR) is 102 cm³/mol.